The monoisotopic (exact) mass is 360 g/mol. The summed E-state index contributed by atoms with van der Waals surface area (Å²) in [4.78, 5) is 14.8. The lowest BCUT2D eigenvalue weighted by molar-refractivity contribution is -0.126. The number of amides is 1. The number of nitrogens with one attached hydrogen (secondary N) is 1. The summed E-state index contributed by atoms with van der Waals surface area (Å²) in [5.74, 6) is 1.97. The molecule has 0 aromatic heterocycles. The molecule has 1 atom stereocenters. The van der Waals surface area contributed by atoms with Crippen molar-refractivity contribution < 1.29 is 9.53 Å². The Morgan fingerprint density at radius 1 is 1.19 bits per heavy atom. The third-order valence-electron chi connectivity index (χ3n) is 5.91. The van der Waals surface area contributed by atoms with Gasteiger partial charge in [-0.1, -0.05) is 39.0 Å². The number of carbonyl (C=O) groups excluding carboxylic acids is 1. The Labute approximate surface area is 159 Å². The van der Waals surface area contributed by atoms with Gasteiger partial charge in [0.2, 0.25) is 5.91 Å². The van der Waals surface area contributed by atoms with Crippen molar-refractivity contribution in [3.05, 3.63) is 29.8 Å². The molecule has 1 aliphatic carbocycles. The summed E-state index contributed by atoms with van der Waals surface area (Å²) in [7, 11) is 5.77. The van der Waals surface area contributed by atoms with Crippen LogP contribution in [0.1, 0.15) is 58.1 Å². The minimum atomic E-state index is 0.0982. The van der Waals surface area contributed by atoms with Crippen LogP contribution in [-0.2, 0) is 4.79 Å². The zero-order chi connectivity index (χ0) is 19.3. The second-order valence-electron chi connectivity index (χ2n) is 8.88. The van der Waals surface area contributed by atoms with Gasteiger partial charge in [0.05, 0.1) is 13.2 Å². The SMILES string of the molecule is COc1ccccc1C(CNC(=O)C1CCC(C(C)(C)C)CC1)N(C)C. The van der Waals surface area contributed by atoms with Gasteiger partial charge in [0.25, 0.3) is 0 Å². The summed E-state index contributed by atoms with van der Waals surface area (Å²) < 4.78 is 5.50. The number of benzene rings is 1. The summed E-state index contributed by atoms with van der Waals surface area (Å²) in [5, 5.41) is 3.20. The molecule has 2 rings (SSSR count). The third-order valence-corrected chi connectivity index (χ3v) is 5.91. The van der Waals surface area contributed by atoms with E-state index in [1.54, 1.807) is 7.11 Å². The minimum absolute atomic E-state index is 0.0982. The number of nitrogens with zero attached hydrogens (tertiary/aromatic N) is 1. The maximum atomic E-state index is 12.7. The number of methoxy groups -OCH3 is 1. The molecule has 0 bridgehead atoms. The van der Waals surface area contributed by atoms with Gasteiger partial charge in [0, 0.05) is 18.0 Å². The first-order chi connectivity index (χ1) is 12.2. The van der Waals surface area contributed by atoms with Crippen LogP contribution in [0.15, 0.2) is 24.3 Å². The number of hydrogen-bond acceptors (Lipinski definition) is 3. The van der Waals surface area contributed by atoms with E-state index < -0.39 is 0 Å². The van der Waals surface area contributed by atoms with Gasteiger partial charge in [-0.05, 0) is 57.2 Å². The molecule has 0 heterocycles. The number of rotatable bonds is 6. The Balaban J connectivity index is 1.94. The van der Waals surface area contributed by atoms with Gasteiger partial charge in [-0.15, -0.1) is 0 Å². The van der Waals surface area contributed by atoms with Crippen LogP contribution >= 0.6 is 0 Å². The zero-order valence-corrected chi connectivity index (χ0v) is 17.3. The number of hydrogen-bond donors (Lipinski definition) is 1. The van der Waals surface area contributed by atoms with Crippen molar-refractivity contribution in [1.82, 2.24) is 10.2 Å². The van der Waals surface area contributed by atoms with Crippen molar-refractivity contribution in [2.45, 2.75) is 52.5 Å². The largest absolute Gasteiger partial charge is 0.496 e. The predicted molar refractivity (Wildman–Crippen MR) is 107 cm³/mol. The second kappa shape index (κ2) is 8.90. The van der Waals surface area contributed by atoms with E-state index in [1.807, 2.05) is 32.3 Å². The molecule has 0 spiro atoms. The Kier molecular flexibility index (Phi) is 7.10. The molecule has 1 fully saturated rings. The highest BCUT2D eigenvalue weighted by Gasteiger charge is 2.32. The van der Waals surface area contributed by atoms with E-state index in [-0.39, 0.29) is 17.9 Å². The van der Waals surface area contributed by atoms with Gasteiger partial charge >= 0.3 is 0 Å². The van der Waals surface area contributed by atoms with Crippen molar-refractivity contribution in [1.29, 1.82) is 0 Å². The molecule has 1 N–H and O–H groups in total. The van der Waals surface area contributed by atoms with Crippen LogP contribution in [0, 0.1) is 17.3 Å². The maximum Gasteiger partial charge on any atom is 0.223 e. The Hall–Kier alpha value is -1.55. The average Bonchev–Trinajstić information content (AvgIpc) is 2.61. The minimum Gasteiger partial charge on any atom is -0.496 e. The van der Waals surface area contributed by atoms with E-state index >= 15 is 0 Å². The molecule has 1 aromatic rings. The first-order valence-corrected chi connectivity index (χ1v) is 9.81. The quantitative estimate of drug-likeness (QED) is 0.824. The predicted octanol–water partition coefficient (Wildman–Crippen LogP) is 4.27. The zero-order valence-electron chi connectivity index (χ0n) is 17.3. The molecular formula is C22H36N2O2. The van der Waals surface area contributed by atoms with Gasteiger partial charge < -0.3 is 15.0 Å². The molecule has 146 valence electrons. The first-order valence-electron chi connectivity index (χ1n) is 9.81. The molecule has 26 heavy (non-hydrogen) atoms. The fraction of sp³-hybridized carbons (Fsp3) is 0.682. The lowest BCUT2D eigenvalue weighted by atomic mass is 9.69. The van der Waals surface area contributed by atoms with Crippen LogP contribution in [0.3, 0.4) is 0 Å². The van der Waals surface area contributed by atoms with Crippen LogP contribution in [-0.4, -0.2) is 38.6 Å². The van der Waals surface area contributed by atoms with E-state index in [1.165, 1.54) is 0 Å². The van der Waals surface area contributed by atoms with Gasteiger partial charge in [0.15, 0.2) is 0 Å². The number of likely N-dealkylation sites (N-methyl/N-ethyl adjacent to an activating group) is 1. The molecule has 0 saturated heterocycles. The summed E-state index contributed by atoms with van der Waals surface area (Å²) in [6, 6.07) is 8.14. The fourth-order valence-electron chi connectivity index (χ4n) is 4.08. The van der Waals surface area contributed by atoms with Gasteiger partial charge in [-0.3, -0.25) is 4.79 Å². The molecule has 1 unspecified atom stereocenters. The standard InChI is InChI=1S/C22H36N2O2/c1-22(2,3)17-13-11-16(12-14-17)21(25)23-15-19(24(4)5)18-9-7-8-10-20(18)26-6/h7-10,16-17,19H,11-15H2,1-6H3,(H,23,25). The van der Waals surface area contributed by atoms with Crippen molar-refractivity contribution in [2.75, 3.05) is 27.7 Å². The molecule has 1 amide bonds. The summed E-state index contributed by atoms with van der Waals surface area (Å²) in [6.07, 6.45) is 4.33. The fourth-order valence-corrected chi connectivity index (χ4v) is 4.08. The molecule has 1 aromatic carbocycles. The van der Waals surface area contributed by atoms with Gasteiger partial charge in [0.1, 0.15) is 5.75 Å². The van der Waals surface area contributed by atoms with Crippen LogP contribution in [0.4, 0.5) is 0 Å². The maximum absolute atomic E-state index is 12.7. The van der Waals surface area contributed by atoms with Gasteiger partial charge in [-0.25, -0.2) is 0 Å². The first kappa shape index (κ1) is 20.8. The van der Waals surface area contributed by atoms with Crippen LogP contribution < -0.4 is 10.1 Å². The molecule has 4 heteroatoms. The Bertz CT molecular complexity index is 584. The lowest BCUT2D eigenvalue weighted by Gasteiger charge is -2.36. The molecule has 0 aliphatic heterocycles. The van der Waals surface area contributed by atoms with Crippen molar-refractivity contribution in [3.8, 4) is 5.75 Å². The van der Waals surface area contributed by atoms with Crippen molar-refractivity contribution >= 4 is 5.91 Å². The van der Waals surface area contributed by atoms with E-state index in [9.17, 15) is 4.79 Å². The van der Waals surface area contributed by atoms with E-state index in [4.69, 9.17) is 4.74 Å². The summed E-state index contributed by atoms with van der Waals surface area (Å²) in [5.41, 5.74) is 1.46. The highest BCUT2D eigenvalue weighted by atomic mass is 16.5. The number of carbonyl (C=O) groups is 1. The summed E-state index contributed by atoms with van der Waals surface area (Å²) in [6.45, 7) is 7.54. The Morgan fingerprint density at radius 3 is 2.35 bits per heavy atom. The smallest absolute Gasteiger partial charge is 0.223 e. The molecule has 0 radical (unpaired) electrons. The van der Waals surface area contributed by atoms with E-state index in [2.05, 4.69) is 37.1 Å². The van der Waals surface area contributed by atoms with Crippen molar-refractivity contribution in [2.24, 2.45) is 17.3 Å². The second-order valence-corrected chi connectivity index (χ2v) is 8.88. The van der Waals surface area contributed by atoms with Crippen LogP contribution in [0.25, 0.3) is 0 Å². The highest BCUT2D eigenvalue weighted by molar-refractivity contribution is 5.78. The van der Waals surface area contributed by atoms with Gasteiger partial charge in [-0.2, -0.15) is 0 Å². The molecule has 1 saturated carbocycles. The molecule has 1 aliphatic rings. The number of para-hydroxylation sites is 1. The van der Waals surface area contributed by atoms with Crippen LogP contribution in [0.2, 0.25) is 0 Å². The Morgan fingerprint density at radius 2 is 1.81 bits per heavy atom. The van der Waals surface area contributed by atoms with Crippen LogP contribution in [0.5, 0.6) is 5.75 Å². The lowest BCUT2D eigenvalue weighted by Crippen LogP contribution is -2.39. The van der Waals surface area contributed by atoms with E-state index in [0.29, 0.717) is 12.0 Å². The number of ether oxygens (including phenoxy) is 1. The summed E-state index contributed by atoms with van der Waals surface area (Å²) >= 11 is 0. The molecule has 4 nitrogen and oxygen atoms in total. The highest BCUT2D eigenvalue weighted by Crippen LogP contribution is 2.39. The normalized spacial score (nSPS) is 22.1. The van der Waals surface area contributed by atoms with E-state index in [0.717, 1.165) is 42.9 Å². The topological polar surface area (TPSA) is 41.6 Å². The third kappa shape index (κ3) is 5.23. The van der Waals surface area contributed by atoms with Crippen molar-refractivity contribution in [3.63, 3.8) is 0 Å². The average molecular weight is 361 g/mol. The molecular weight excluding hydrogens is 324 g/mol.